The van der Waals surface area contributed by atoms with E-state index in [4.69, 9.17) is 19.3 Å². The second-order valence-electron chi connectivity index (χ2n) is 6.63. The van der Waals surface area contributed by atoms with Gasteiger partial charge >= 0.3 is 0 Å². The van der Waals surface area contributed by atoms with Crippen molar-refractivity contribution in [1.29, 1.82) is 0 Å². The van der Waals surface area contributed by atoms with Crippen molar-refractivity contribution in [1.82, 2.24) is 4.90 Å². The number of hydrogen-bond donors (Lipinski definition) is 1. The topological polar surface area (TPSA) is 51.2 Å². The molecule has 0 bridgehead atoms. The molecule has 1 aromatic rings. The Kier molecular flexibility index (Phi) is 4.30. The van der Waals surface area contributed by atoms with Crippen molar-refractivity contribution >= 4 is 0 Å². The van der Waals surface area contributed by atoms with Gasteiger partial charge in [-0.15, -0.1) is 0 Å². The number of fused-ring (bicyclic) bond motifs is 1. The number of nitrogens with zero attached hydrogens (tertiary/aromatic N) is 1. The smallest absolute Gasteiger partial charge is 0.165 e. The minimum Gasteiger partial charge on any atom is -0.493 e. The number of benzene rings is 1. The zero-order chi connectivity index (χ0) is 15.7. The number of morpholine rings is 1. The van der Waals surface area contributed by atoms with Gasteiger partial charge in [-0.1, -0.05) is 0 Å². The number of aliphatic hydroxyl groups is 1. The molecule has 1 unspecified atom stereocenters. The zero-order valence-electron chi connectivity index (χ0n) is 13.6. The molecule has 2 aliphatic rings. The van der Waals surface area contributed by atoms with E-state index >= 15 is 0 Å². The first-order chi connectivity index (χ1) is 10.5. The highest BCUT2D eigenvalue weighted by molar-refractivity contribution is 5.53. The van der Waals surface area contributed by atoms with Crippen LogP contribution in [0, 0.1) is 0 Å². The van der Waals surface area contributed by atoms with E-state index in [2.05, 4.69) is 24.8 Å². The fourth-order valence-electron chi connectivity index (χ4n) is 3.29. The highest BCUT2D eigenvalue weighted by atomic mass is 16.5. The molecule has 1 fully saturated rings. The minimum atomic E-state index is -0.190. The van der Waals surface area contributed by atoms with Crippen LogP contribution in [0.3, 0.4) is 0 Å². The largest absolute Gasteiger partial charge is 0.493 e. The van der Waals surface area contributed by atoms with E-state index in [1.807, 2.05) is 6.07 Å². The van der Waals surface area contributed by atoms with E-state index in [1.165, 1.54) is 5.56 Å². The highest BCUT2D eigenvalue weighted by Gasteiger charge is 2.34. The number of β-amino-alcohol motifs (C(OH)–C–C–N with tert-alkyl or cyclic N) is 1. The van der Waals surface area contributed by atoms with Crippen LogP contribution in [0.5, 0.6) is 11.5 Å². The quantitative estimate of drug-likeness (QED) is 0.919. The number of aliphatic hydroxyl groups excluding tert-OH is 1. The lowest BCUT2D eigenvalue weighted by molar-refractivity contribution is -0.0338. The van der Waals surface area contributed by atoms with Crippen LogP contribution in [0.2, 0.25) is 0 Å². The molecule has 5 nitrogen and oxygen atoms in total. The van der Waals surface area contributed by atoms with Crippen LogP contribution in [-0.2, 0) is 11.2 Å². The average molecular weight is 307 g/mol. The molecule has 1 atom stereocenters. The summed E-state index contributed by atoms with van der Waals surface area (Å²) in [5.41, 5.74) is 2.12. The molecule has 0 amide bonds. The van der Waals surface area contributed by atoms with Crippen LogP contribution < -0.4 is 9.47 Å². The van der Waals surface area contributed by atoms with Crippen molar-refractivity contribution in [2.45, 2.75) is 32.0 Å². The van der Waals surface area contributed by atoms with Crippen molar-refractivity contribution in [2.24, 2.45) is 0 Å². The maximum atomic E-state index is 9.12. The number of methoxy groups -OCH3 is 1. The molecule has 0 spiro atoms. The van der Waals surface area contributed by atoms with Gasteiger partial charge in [-0.2, -0.15) is 0 Å². The Morgan fingerprint density at radius 2 is 2.23 bits per heavy atom. The van der Waals surface area contributed by atoms with Gasteiger partial charge in [-0.3, -0.25) is 4.90 Å². The number of hydrogen-bond acceptors (Lipinski definition) is 5. The Bertz CT molecular complexity index is 542. The molecule has 0 aromatic heterocycles. The van der Waals surface area contributed by atoms with Crippen LogP contribution in [0.25, 0.3) is 0 Å². The Balaban J connectivity index is 1.86. The maximum Gasteiger partial charge on any atom is 0.165 e. The monoisotopic (exact) mass is 307 g/mol. The van der Waals surface area contributed by atoms with Crippen molar-refractivity contribution in [3.8, 4) is 11.5 Å². The van der Waals surface area contributed by atoms with Crippen molar-refractivity contribution < 1.29 is 19.3 Å². The first-order valence-corrected chi connectivity index (χ1v) is 7.87. The summed E-state index contributed by atoms with van der Waals surface area (Å²) in [6, 6.07) is 4.20. The van der Waals surface area contributed by atoms with Gasteiger partial charge in [0.05, 0.1) is 26.4 Å². The van der Waals surface area contributed by atoms with E-state index < -0.39 is 0 Å². The van der Waals surface area contributed by atoms with Gasteiger partial charge in [0.25, 0.3) is 0 Å². The second kappa shape index (κ2) is 6.07. The van der Waals surface area contributed by atoms with Crippen molar-refractivity contribution in [2.75, 3.05) is 40.0 Å². The van der Waals surface area contributed by atoms with Gasteiger partial charge in [0.1, 0.15) is 5.60 Å². The molecular weight excluding hydrogens is 282 g/mol. The fraction of sp³-hybridized carbons (Fsp3) is 0.647. The molecule has 0 radical (unpaired) electrons. The van der Waals surface area contributed by atoms with Crippen LogP contribution in [-0.4, -0.2) is 55.6 Å². The molecule has 1 N–H and O–H groups in total. The van der Waals surface area contributed by atoms with E-state index in [-0.39, 0.29) is 18.3 Å². The van der Waals surface area contributed by atoms with Gasteiger partial charge in [0, 0.05) is 31.6 Å². The summed E-state index contributed by atoms with van der Waals surface area (Å²) >= 11 is 0. The first kappa shape index (κ1) is 15.6. The lowest BCUT2D eigenvalue weighted by Crippen LogP contribution is -2.39. The SMILES string of the molecule is COc1cc(C2CN(CCO)CCO2)cc2c1OC(C)(C)C2. The Labute approximate surface area is 131 Å². The Morgan fingerprint density at radius 3 is 2.95 bits per heavy atom. The summed E-state index contributed by atoms with van der Waals surface area (Å²) in [7, 11) is 1.67. The molecule has 0 aliphatic carbocycles. The third kappa shape index (κ3) is 3.07. The maximum absolute atomic E-state index is 9.12. The summed E-state index contributed by atoms with van der Waals surface area (Å²) in [6.45, 7) is 7.41. The van der Waals surface area contributed by atoms with Gasteiger partial charge in [-0.05, 0) is 31.5 Å². The first-order valence-electron chi connectivity index (χ1n) is 7.87. The summed E-state index contributed by atoms with van der Waals surface area (Å²) in [4.78, 5) is 2.23. The molecule has 122 valence electrons. The molecular formula is C17H25NO4. The summed E-state index contributed by atoms with van der Waals surface area (Å²) in [6.07, 6.45) is 0.891. The third-order valence-corrected chi connectivity index (χ3v) is 4.31. The predicted octanol–water partition coefficient (Wildman–Crippen LogP) is 1.77. The number of ether oxygens (including phenoxy) is 3. The molecule has 0 saturated carbocycles. The number of rotatable bonds is 4. The second-order valence-corrected chi connectivity index (χ2v) is 6.63. The average Bonchev–Trinajstić information content (AvgIpc) is 2.80. The lowest BCUT2D eigenvalue weighted by Gasteiger charge is -2.33. The van der Waals surface area contributed by atoms with E-state index in [1.54, 1.807) is 7.11 Å². The minimum absolute atomic E-state index is 0.0169. The summed E-state index contributed by atoms with van der Waals surface area (Å²) in [5.74, 6) is 1.64. The van der Waals surface area contributed by atoms with Gasteiger partial charge in [-0.25, -0.2) is 0 Å². The molecule has 22 heavy (non-hydrogen) atoms. The molecule has 1 saturated heterocycles. The Morgan fingerprint density at radius 1 is 1.41 bits per heavy atom. The van der Waals surface area contributed by atoms with E-state index in [0.29, 0.717) is 13.2 Å². The summed E-state index contributed by atoms with van der Waals surface area (Å²) < 4.78 is 17.5. The van der Waals surface area contributed by atoms with Crippen LogP contribution in [0.1, 0.15) is 31.1 Å². The standard InChI is InChI=1S/C17H25NO4/c1-17(2)10-13-8-12(9-14(20-3)16(13)22-17)15-11-18(4-6-19)5-7-21-15/h8-9,15,19H,4-7,10-11H2,1-3H3. The lowest BCUT2D eigenvalue weighted by atomic mass is 9.97. The highest BCUT2D eigenvalue weighted by Crippen LogP contribution is 2.44. The van der Waals surface area contributed by atoms with Crippen LogP contribution in [0.15, 0.2) is 12.1 Å². The van der Waals surface area contributed by atoms with Crippen molar-refractivity contribution in [3.63, 3.8) is 0 Å². The van der Waals surface area contributed by atoms with Crippen LogP contribution in [0.4, 0.5) is 0 Å². The van der Waals surface area contributed by atoms with E-state index in [0.717, 1.165) is 36.6 Å². The molecule has 2 aliphatic heterocycles. The van der Waals surface area contributed by atoms with Gasteiger partial charge in [0.15, 0.2) is 11.5 Å². The van der Waals surface area contributed by atoms with E-state index in [9.17, 15) is 0 Å². The van der Waals surface area contributed by atoms with Gasteiger partial charge in [0.2, 0.25) is 0 Å². The summed E-state index contributed by atoms with van der Waals surface area (Å²) in [5, 5.41) is 9.12. The normalized spacial score (nSPS) is 23.9. The molecule has 1 aromatic carbocycles. The third-order valence-electron chi connectivity index (χ3n) is 4.31. The zero-order valence-corrected chi connectivity index (χ0v) is 13.6. The Hall–Kier alpha value is -1.30. The molecule has 5 heteroatoms. The molecule has 3 rings (SSSR count). The van der Waals surface area contributed by atoms with Crippen LogP contribution >= 0.6 is 0 Å². The fourth-order valence-corrected chi connectivity index (χ4v) is 3.29. The predicted molar refractivity (Wildman–Crippen MR) is 83.6 cm³/mol. The van der Waals surface area contributed by atoms with Crippen molar-refractivity contribution in [3.05, 3.63) is 23.3 Å². The van der Waals surface area contributed by atoms with Gasteiger partial charge < -0.3 is 19.3 Å². The molecule has 2 heterocycles.